The Hall–Kier alpha value is -0.130. The lowest BCUT2D eigenvalue weighted by Gasteiger charge is -2.38. The second kappa shape index (κ2) is 5.88. The van der Waals surface area contributed by atoms with Crippen molar-refractivity contribution in [2.45, 2.75) is 53.0 Å². The van der Waals surface area contributed by atoms with Crippen LogP contribution in [0.3, 0.4) is 0 Å². The molecule has 1 unspecified atom stereocenters. The second-order valence-electron chi connectivity index (χ2n) is 6.25. The van der Waals surface area contributed by atoms with Crippen LogP contribution in [0.2, 0.25) is 0 Å². The molecule has 0 amide bonds. The van der Waals surface area contributed by atoms with Crippen LogP contribution in [0.1, 0.15) is 47.0 Å². The first-order chi connectivity index (χ1) is 8.20. The normalized spacial score (nSPS) is 23.2. The van der Waals surface area contributed by atoms with Crippen molar-refractivity contribution in [2.75, 3.05) is 18.8 Å². The van der Waals surface area contributed by atoms with Gasteiger partial charge >= 0.3 is 0 Å². The highest BCUT2D eigenvalue weighted by atomic mass is 32.2. The number of piperidine rings is 1. The van der Waals surface area contributed by atoms with Crippen LogP contribution in [-0.4, -0.2) is 37.6 Å². The molecular formula is C13H28N2O2S. The molecule has 0 aromatic carbocycles. The van der Waals surface area contributed by atoms with E-state index in [0.29, 0.717) is 18.5 Å². The van der Waals surface area contributed by atoms with Crippen LogP contribution in [0.5, 0.6) is 0 Å². The lowest BCUT2D eigenvalue weighted by molar-refractivity contribution is 0.168. The molecule has 0 spiro atoms. The average molecular weight is 276 g/mol. The quantitative estimate of drug-likeness (QED) is 0.833. The van der Waals surface area contributed by atoms with Crippen molar-refractivity contribution in [1.29, 1.82) is 0 Å². The molecule has 0 aliphatic carbocycles. The highest BCUT2D eigenvalue weighted by molar-refractivity contribution is 7.89. The summed E-state index contributed by atoms with van der Waals surface area (Å²) >= 11 is 0. The summed E-state index contributed by atoms with van der Waals surface area (Å²) in [6.07, 6.45) is 3.03. The summed E-state index contributed by atoms with van der Waals surface area (Å²) in [7, 11) is -3.18. The zero-order valence-electron chi connectivity index (χ0n) is 12.1. The molecule has 1 aliphatic rings. The van der Waals surface area contributed by atoms with Gasteiger partial charge in [-0.3, -0.25) is 0 Å². The topological polar surface area (TPSA) is 63.4 Å². The molecule has 1 heterocycles. The SMILES string of the molecule is CCC1(C)CCN(S(=O)(=O)CC(N)C(C)C)CC1. The molecule has 1 rings (SSSR count). The Kier molecular flexibility index (Phi) is 5.21. The number of hydrogen-bond acceptors (Lipinski definition) is 3. The van der Waals surface area contributed by atoms with E-state index in [2.05, 4.69) is 13.8 Å². The van der Waals surface area contributed by atoms with E-state index in [9.17, 15) is 8.42 Å². The van der Waals surface area contributed by atoms with Crippen LogP contribution in [0, 0.1) is 11.3 Å². The Morgan fingerprint density at radius 2 is 1.78 bits per heavy atom. The molecule has 0 bridgehead atoms. The first-order valence-corrected chi connectivity index (χ1v) is 8.54. The highest BCUT2D eigenvalue weighted by Crippen LogP contribution is 2.34. The van der Waals surface area contributed by atoms with Crippen LogP contribution >= 0.6 is 0 Å². The molecule has 0 aromatic rings. The Labute approximate surface area is 112 Å². The van der Waals surface area contributed by atoms with Crippen molar-refractivity contribution in [3.63, 3.8) is 0 Å². The Morgan fingerprint density at radius 3 is 2.17 bits per heavy atom. The molecule has 0 radical (unpaired) electrons. The fourth-order valence-electron chi connectivity index (χ4n) is 2.20. The molecule has 1 saturated heterocycles. The molecule has 0 saturated carbocycles. The molecule has 18 heavy (non-hydrogen) atoms. The molecule has 2 N–H and O–H groups in total. The van der Waals surface area contributed by atoms with E-state index in [4.69, 9.17) is 5.73 Å². The first-order valence-electron chi connectivity index (χ1n) is 6.93. The van der Waals surface area contributed by atoms with Crippen molar-refractivity contribution in [2.24, 2.45) is 17.1 Å². The third-order valence-corrected chi connectivity index (χ3v) is 6.39. The van der Waals surface area contributed by atoms with Gasteiger partial charge in [0.15, 0.2) is 0 Å². The minimum atomic E-state index is -3.18. The minimum Gasteiger partial charge on any atom is -0.326 e. The van der Waals surface area contributed by atoms with Crippen molar-refractivity contribution in [3.05, 3.63) is 0 Å². The summed E-state index contributed by atoms with van der Waals surface area (Å²) in [5.41, 5.74) is 6.19. The fourth-order valence-corrected chi connectivity index (χ4v) is 4.02. The van der Waals surface area contributed by atoms with Gasteiger partial charge in [0.2, 0.25) is 10.0 Å². The molecule has 1 atom stereocenters. The van der Waals surface area contributed by atoms with Gasteiger partial charge in [-0.1, -0.05) is 34.1 Å². The minimum absolute atomic E-state index is 0.0769. The summed E-state index contributed by atoms with van der Waals surface area (Å²) in [5, 5.41) is 0. The van der Waals surface area contributed by atoms with Crippen molar-refractivity contribution in [1.82, 2.24) is 4.31 Å². The van der Waals surface area contributed by atoms with Gasteiger partial charge in [0.25, 0.3) is 0 Å². The fraction of sp³-hybridized carbons (Fsp3) is 1.00. The van der Waals surface area contributed by atoms with E-state index < -0.39 is 10.0 Å². The number of nitrogens with zero attached hydrogens (tertiary/aromatic N) is 1. The van der Waals surface area contributed by atoms with Gasteiger partial charge in [-0.05, 0) is 24.2 Å². The van der Waals surface area contributed by atoms with E-state index in [1.807, 2.05) is 13.8 Å². The van der Waals surface area contributed by atoms with Crippen LogP contribution < -0.4 is 5.73 Å². The predicted octanol–water partition coefficient (Wildman–Crippen LogP) is 1.81. The monoisotopic (exact) mass is 276 g/mol. The van der Waals surface area contributed by atoms with Gasteiger partial charge in [0, 0.05) is 19.1 Å². The maximum Gasteiger partial charge on any atom is 0.215 e. The summed E-state index contributed by atoms with van der Waals surface area (Å²) in [6.45, 7) is 9.65. The summed E-state index contributed by atoms with van der Waals surface area (Å²) in [6, 6.07) is -0.269. The summed E-state index contributed by atoms with van der Waals surface area (Å²) < 4.78 is 26.1. The van der Waals surface area contributed by atoms with E-state index in [1.54, 1.807) is 4.31 Å². The maximum atomic E-state index is 12.2. The lowest BCUT2D eigenvalue weighted by Crippen LogP contribution is -2.46. The standard InChI is InChI=1S/C13H28N2O2S/c1-5-13(4)6-8-15(9-7-13)18(16,17)10-12(14)11(2)3/h11-12H,5-10,14H2,1-4H3. The molecular weight excluding hydrogens is 248 g/mol. The third-order valence-electron chi connectivity index (χ3n) is 4.44. The Bertz CT molecular complexity index is 357. The number of sulfonamides is 1. The molecule has 0 aromatic heterocycles. The van der Waals surface area contributed by atoms with Gasteiger partial charge < -0.3 is 5.73 Å². The molecule has 1 fully saturated rings. The molecule has 5 heteroatoms. The average Bonchev–Trinajstić information content (AvgIpc) is 2.29. The Balaban J connectivity index is 2.61. The van der Waals surface area contributed by atoms with Gasteiger partial charge in [-0.2, -0.15) is 0 Å². The second-order valence-corrected chi connectivity index (χ2v) is 8.26. The van der Waals surface area contributed by atoms with Gasteiger partial charge in [0.05, 0.1) is 5.75 Å². The molecule has 108 valence electrons. The van der Waals surface area contributed by atoms with Gasteiger partial charge in [-0.25, -0.2) is 12.7 Å². The predicted molar refractivity (Wildman–Crippen MR) is 75.8 cm³/mol. The largest absolute Gasteiger partial charge is 0.326 e. The Morgan fingerprint density at radius 1 is 1.28 bits per heavy atom. The summed E-state index contributed by atoms with van der Waals surface area (Å²) in [5.74, 6) is 0.276. The number of rotatable bonds is 5. The van der Waals surface area contributed by atoms with E-state index in [-0.39, 0.29) is 17.7 Å². The van der Waals surface area contributed by atoms with E-state index in [1.165, 1.54) is 0 Å². The number of hydrogen-bond donors (Lipinski definition) is 1. The van der Waals surface area contributed by atoms with Crippen LogP contribution in [0.4, 0.5) is 0 Å². The third kappa shape index (κ3) is 3.93. The van der Waals surface area contributed by atoms with E-state index in [0.717, 1.165) is 19.3 Å². The van der Waals surface area contributed by atoms with Crippen LogP contribution in [0.25, 0.3) is 0 Å². The zero-order valence-corrected chi connectivity index (χ0v) is 13.0. The van der Waals surface area contributed by atoms with Gasteiger partial charge in [-0.15, -0.1) is 0 Å². The maximum absolute atomic E-state index is 12.2. The van der Waals surface area contributed by atoms with E-state index >= 15 is 0 Å². The van der Waals surface area contributed by atoms with Crippen molar-refractivity contribution >= 4 is 10.0 Å². The highest BCUT2D eigenvalue weighted by Gasteiger charge is 2.34. The smallest absolute Gasteiger partial charge is 0.215 e. The number of nitrogens with two attached hydrogens (primary N) is 1. The van der Waals surface area contributed by atoms with Crippen molar-refractivity contribution in [3.8, 4) is 0 Å². The summed E-state index contributed by atoms with van der Waals surface area (Å²) in [4.78, 5) is 0. The van der Waals surface area contributed by atoms with Crippen LogP contribution in [-0.2, 0) is 10.0 Å². The zero-order chi connectivity index (χ0) is 14.0. The molecule has 1 aliphatic heterocycles. The van der Waals surface area contributed by atoms with Crippen LogP contribution in [0.15, 0.2) is 0 Å². The first kappa shape index (κ1) is 15.9. The molecule has 4 nitrogen and oxygen atoms in total. The van der Waals surface area contributed by atoms with Crippen molar-refractivity contribution < 1.29 is 8.42 Å². The lowest BCUT2D eigenvalue weighted by atomic mass is 9.79. The van der Waals surface area contributed by atoms with Gasteiger partial charge in [0.1, 0.15) is 0 Å².